The Morgan fingerprint density at radius 3 is 1.00 bits per heavy atom. The van der Waals surface area contributed by atoms with Crippen molar-refractivity contribution in [3.8, 4) is 0 Å². The molecule has 0 rings (SSSR count). The Hall–Kier alpha value is 0.540. The van der Waals surface area contributed by atoms with Crippen molar-refractivity contribution < 1.29 is 77.6 Å². The van der Waals surface area contributed by atoms with Crippen molar-refractivity contribution in [1.29, 1.82) is 0 Å². The van der Waals surface area contributed by atoms with Gasteiger partial charge in [-0.15, -0.1) is 0 Å². The van der Waals surface area contributed by atoms with Crippen LogP contribution in [0.2, 0.25) is 0 Å². The topological polar surface area (TPSA) is 112 Å². The smallest absolute Gasteiger partial charge is 0.495 e. The largest absolute Gasteiger partial charge is 0.738 e. The normalized spacial score (nSPS) is 7.00. The summed E-state index contributed by atoms with van der Waals surface area (Å²) >= 11 is -3.70. The van der Waals surface area contributed by atoms with Crippen molar-refractivity contribution in [3.63, 3.8) is 0 Å². The second-order valence-corrected chi connectivity index (χ2v) is 3.80. The molecular weight excluding hydrogens is 298 g/mol. The molecule has 6 nitrogen and oxygen atoms in total. The van der Waals surface area contributed by atoms with Crippen LogP contribution in [0.1, 0.15) is 0 Å². The van der Waals surface area contributed by atoms with Gasteiger partial charge in [-0.2, -0.15) is 0 Å². The maximum Gasteiger partial charge on any atom is 0.738 e. The summed E-state index contributed by atoms with van der Waals surface area (Å²) in [5, 5.41) is 24.0. The summed E-state index contributed by atoms with van der Waals surface area (Å²) < 4.78 is 0. The fraction of sp³-hybridized carbons (Fsp3) is 0. The summed E-state index contributed by atoms with van der Waals surface area (Å²) in [5.41, 5.74) is 0. The van der Waals surface area contributed by atoms with Gasteiger partial charge < -0.3 is 15.3 Å². The van der Waals surface area contributed by atoms with Gasteiger partial charge in [0.25, 0.3) is 0 Å². The SMILES string of the molecule is O=[C](O)[Al]([C](=O)O)[C](=O)O.[Ti].[Zr]. The first-order valence-corrected chi connectivity index (χ1v) is 3.88. The first kappa shape index (κ1) is 18.3. The van der Waals surface area contributed by atoms with Crippen molar-refractivity contribution in [2.24, 2.45) is 0 Å². The zero-order valence-electron chi connectivity index (χ0n) is 5.64. The van der Waals surface area contributed by atoms with E-state index in [9.17, 15) is 14.4 Å². The van der Waals surface area contributed by atoms with Gasteiger partial charge in [0, 0.05) is 47.9 Å². The van der Waals surface area contributed by atoms with E-state index < -0.39 is 28.6 Å². The third-order valence-electron chi connectivity index (χ3n) is 0.741. The van der Waals surface area contributed by atoms with E-state index in [-0.39, 0.29) is 47.9 Å². The number of hydrogen-bond donors (Lipinski definition) is 3. The average molecular weight is 301 g/mol. The Bertz CT molecular complexity index is 162. The molecule has 0 unspecified atom stereocenters. The molecule has 0 saturated heterocycles. The minimum absolute atomic E-state index is 0. The summed E-state index contributed by atoms with van der Waals surface area (Å²) in [6.07, 6.45) is 0. The van der Waals surface area contributed by atoms with Crippen LogP contribution in [0.4, 0.5) is 14.4 Å². The molecule has 0 aliphatic heterocycles. The summed E-state index contributed by atoms with van der Waals surface area (Å²) in [4.78, 5) is 24.4. The fourth-order valence-corrected chi connectivity index (χ4v) is 0.951. The first-order valence-electron chi connectivity index (χ1n) is 2.15. The monoisotopic (exact) mass is 300 g/mol. The second kappa shape index (κ2) is 8.15. The molecule has 0 atom stereocenters. The van der Waals surface area contributed by atoms with E-state index >= 15 is 0 Å². The molecule has 3 N–H and O–H groups in total. The Labute approximate surface area is 105 Å². The Morgan fingerprint density at radius 2 is 1.00 bits per heavy atom. The molecule has 62 valence electrons. The Balaban J connectivity index is -0.000000405. The standard InChI is InChI=1S/3CHO2.Al.Ti.Zr/c3*2-1-3;;;/h3*(H,2,3);;;. The van der Waals surface area contributed by atoms with Crippen LogP contribution in [0.3, 0.4) is 0 Å². The maximum absolute atomic E-state index is 9.88. The molecule has 0 fully saturated rings. The molecular formula is C3H3AlO6TiZr. The zero-order chi connectivity index (χ0) is 8.31. The summed E-state index contributed by atoms with van der Waals surface area (Å²) in [5.74, 6) is 0. The molecule has 0 heterocycles. The van der Waals surface area contributed by atoms with Gasteiger partial charge in [0.05, 0.1) is 0 Å². The van der Waals surface area contributed by atoms with Crippen LogP contribution in [0, 0.1) is 0 Å². The number of carbonyl (C=O) groups is 3. The molecule has 0 aliphatic rings. The van der Waals surface area contributed by atoms with Gasteiger partial charge in [-0.25, -0.2) is 0 Å². The minimum Gasteiger partial charge on any atom is -0.495 e. The molecule has 0 aliphatic carbocycles. The van der Waals surface area contributed by atoms with Gasteiger partial charge in [-0.1, -0.05) is 0 Å². The Kier molecular flexibility index (Phi) is 12.5. The van der Waals surface area contributed by atoms with Crippen molar-refractivity contribution >= 4 is 28.6 Å². The van der Waals surface area contributed by atoms with Crippen LogP contribution < -0.4 is 0 Å². The summed E-state index contributed by atoms with van der Waals surface area (Å²) in [6, 6.07) is 0. The number of rotatable bonds is 3. The van der Waals surface area contributed by atoms with Crippen molar-refractivity contribution in [2.45, 2.75) is 0 Å². The van der Waals surface area contributed by atoms with E-state index in [0.717, 1.165) is 0 Å². The van der Waals surface area contributed by atoms with Gasteiger partial charge in [0.15, 0.2) is 0 Å². The van der Waals surface area contributed by atoms with Crippen molar-refractivity contribution in [3.05, 3.63) is 0 Å². The fourth-order valence-electron chi connectivity index (χ4n) is 0.317. The van der Waals surface area contributed by atoms with Crippen LogP contribution in [0.25, 0.3) is 0 Å². The van der Waals surface area contributed by atoms with Crippen molar-refractivity contribution in [1.82, 2.24) is 0 Å². The van der Waals surface area contributed by atoms with Gasteiger partial charge in [-0.05, 0) is 0 Å². The molecule has 0 amide bonds. The van der Waals surface area contributed by atoms with Crippen LogP contribution >= 0.6 is 0 Å². The van der Waals surface area contributed by atoms with E-state index in [2.05, 4.69) is 0 Å². The number of carboxylic acid groups (broad SMARTS) is 3. The van der Waals surface area contributed by atoms with E-state index in [4.69, 9.17) is 15.3 Å². The summed E-state index contributed by atoms with van der Waals surface area (Å²) in [7, 11) is 0. The van der Waals surface area contributed by atoms with Crippen LogP contribution in [-0.4, -0.2) is 44.0 Å². The van der Waals surface area contributed by atoms with Gasteiger partial charge in [0.1, 0.15) is 0 Å². The van der Waals surface area contributed by atoms with E-state index in [0.29, 0.717) is 0 Å². The minimum atomic E-state index is -3.70. The molecule has 0 aromatic heterocycles. The number of hydrogen-bond acceptors (Lipinski definition) is 3. The maximum atomic E-state index is 9.88. The van der Waals surface area contributed by atoms with Crippen LogP contribution in [-0.2, 0) is 47.9 Å². The van der Waals surface area contributed by atoms with Gasteiger partial charge in [0.2, 0.25) is 14.5 Å². The first-order chi connectivity index (χ1) is 4.46. The van der Waals surface area contributed by atoms with Crippen LogP contribution in [0.15, 0.2) is 0 Å². The molecule has 0 bridgehead atoms. The van der Waals surface area contributed by atoms with E-state index in [1.54, 1.807) is 0 Å². The molecule has 0 aromatic carbocycles. The van der Waals surface area contributed by atoms with Crippen LogP contribution in [0.5, 0.6) is 0 Å². The van der Waals surface area contributed by atoms with Gasteiger partial charge in [-0.3, -0.25) is 14.4 Å². The molecule has 0 saturated carbocycles. The quantitative estimate of drug-likeness (QED) is 0.644. The molecule has 9 heteroatoms. The zero-order valence-corrected chi connectivity index (χ0v) is 10.8. The average Bonchev–Trinajstić information content (AvgIpc) is 1.59. The third-order valence-corrected chi connectivity index (χ3v) is 2.22. The molecule has 0 aromatic rings. The van der Waals surface area contributed by atoms with Gasteiger partial charge >= 0.3 is 14.1 Å². The summed E-state index contributed by atoms with van der Waals surface area (Å²) in [6.45, 7) is 0. The van der Waals surface area contributed by atoms with E-state index in [1.807, 2.05) is 0 Å². The molecule has 0 spiro atoms. The third kappa shape index (κ3) is 6.10. The molecule has 0 radical (unpaired) electrons. The predicted molar refractivity (Wildman–Crippen MR) is 29.8 cm³/mol. The Morgan fingerprint density at radius 1 is 0.833 bits per heavy atom. The second-order valence-electron chi connectivity index (χ2n) is 1.45. The predicted octanol–water partition coefficient (Wildman–Crippen LogP) is 0.255. The molecule has 12 heavy (non-hydrogen) atoms. The van der Waals surface area contributed by atoms with Crippen molar-refractivity contribution in [2.75, 3.05) is 0 Å². The van der Waals surface area contributed by atoms with E-state index in [1.165, 1.54) is 0 Å².